The van der Waals surface area contributed by atoms with Crippen molar-refractivity contribution in [3.63, 3.8) is 0 Å². The summed E-state index contributed by atoms with van der Waals surface area (Å²) in [4.78, 5) is 22.8. The molecule has 0 unspecified atom stereocenters. The molecule has 9 heteroatoms. The van der Waals surface area contributed by atoms with Gasteiger partial charge in [0.05, 0.1) is 25.0 Å². The number of carboxylic acids is 1. The van der Waals surface area contributed by atoms with Gasteiger partial charge >= 0.3 is 5.97 Å². The normalized spacial score (nSPS) is 10.5. The summed E-state index contributed by atoms with van der Waals surface area (Å²) in [6, 6.07) is 9.71. The number of carbonyl (C=O) groups is 2. The lowest BCUT2D eigenvalue weighted by Crippen LogP contribution is -2.17. The molecule has 0 heterocycles. The SMILES string of the molecule is CCOc1ccc(C(=O)N/N=C/c2cc(Cl)c(OCC(=O)O)c(OC)c2)cc1. The zero-order chi connectivity index (χ0) is 20.5. The summed E-state index contributed by atoms with van der Waals surface area (Å²) in [5.41, 5.74) is 3.36. The molecule has 0 fully saturated rings. The van der Waals surface area contributed by atoms with E-state index in [2.05, 4.69) is 10.5 Å². The van der Waals surface area contributed by atoms with Gasteiger partial charge in [-0.1, -0.05) is 11.6 Å². The van der Waals surface area contributed by atoms with E-state index < -0.39 is 18.5 Å². The number of carbonyl (C=O) groups excluding carboxylic acids is 1. The van der Waals surface area contributed by atoms with E-state index in [1.807, 2.05) is 6.92 Å². The fraction of sp³-hybridized carbons (Fsp3) is 0.211. The molecule has 2 N–H and O–H groups in total. The molecule has 1 amide bonds. The van der Waals surface area contributed by atoms with Crippen LogP contribution in [0.25, 0.3) is 0 Å². The molecule has 8 nitrogen and oxygen atoms in total. The summed E-state index contributed by atoms with van der Waals surface area (Å²) >= 11 is 6.12. The van der Waals surface area contributed by atoms with E-state index in [1.165, 1.54) is 19.4 Å². The molecule has 0 radical (unpaired) electrons. The van der Waals surface area contributed by atoms with E-state index in [4.69, 9.17) is 30.9 Å². The van der Waals surface area contributed by atoms with Gasteiger partial charge in [0, 0.05) is 5.56 Å². The van der Waals surface area contributed by atoms with Crippen LogP contribution < -0.4 is 19.6 Å². The van der Waals surface area contributed by atoms with Crippen molar-refractivity contribution in [2.45, 2.75) is 6.92 Å². The van der Waals surface area contributed by atoms with Crippen LogP contribution in [0.2, 0.25) is 5.02 Å². The number of hydrogen-bond acceptors (Lipinski definition) is 6. The summed E-state index contributed by atoms with van der Waals surface area (Å²) in [7, 11) is 1.40. The minimum absolute atomic E-state index is 0.113. The number of halogens is 1. The number of hydrogen-bond donors (Lipinski definition) is 2. The van der Waals surface area contributed by atoms with Crippen molar-refractivity contribution in [2.24, 2.45) is 5.10 Å². The van der Waals surface area contributed by atoms with E-state index in [-0.39, 0.29) is 16.5 Å². The van der Waals surface area contributed by atoms with Crippen LogP contribution in [0.1, 0.15) is 22.8 Å². The van der Waals surface area contributed by atoms with Crippen LogP contribution in [0, 0.1) is 0 Å². The Balaban J connectivity index is 2.05. The van der Waals surface area contributed by atoms with Gasteiger partial charge in [-0.3, -0.25) is 4.79 Å². The van der Waals surface area contributed by atoms with Gasteiger partial charge in [-0.25, -0.2) is 10.2 Å². The molecule has 0 saturated carbocycles. The van der Waals surface area contributed by atoms with Crippen LogP contribution >= 0.6 is 11.6 Å². The Bertz CT molecular complexity index is 867. The third-order valence-corrected chi connectivity index (χ3v) is 3.68. The van der Waals surface area contributed by atoms with E-state index in [9.17, 15) is 9.59 Å². The lowest BCUT2D eigenvalue weighted by Gasteiger charge is -2.11. The lowest BCUT2D eigenvalue weighted by molar-refractivity contribution is -0.139. The molecule has 148 valence electrons. The number of rotatable bonds is 9. The fourth-order valence-electron chi connectivity index (χ4n) is 2.19. The minimum Gasteiger partial charge on any atom is -0.494 e. The fourth-order valence-corrected chi connectivity index (χ4v) is 2.46. The summed E-state index contributed by atoms with van der Waals surface area (Å²) in [5, 5.41) is 12.8. The van der Waals surface area contributed by atoms with Crippen molar-refractivity contribution >= 4 is 29.7 Å². The maximum atomic E-state index is 12.1. The topological polar surface area (TPSA) is 106 Å². The molecule has 0 aliphatic rings. The molecule has 2 aromatic rings. The first-order chi connectivity index (χ1) is 13.4. The second-order valence-electron chi connectivity index (χ2n) is 5.37. The van der Waals surface area contributed by atoms with Crippen LogP contribution in [0.5, 0.6) is 17.2 Å². The smallest absolute Gasteiger partial charge is 0.341 e. The van der Waals surface area contributed by atoms with Gasteiger partial charge in [-0.2, -0.15) is 5.10 Å². The Morgan fingerprint density at radius 3 is 2.54 bits per heavy atom. The van der Waals surface area contributed by atoms with Gasteiger partial charge < -0.3 is 19.3 Å². The molecule has 2 aromatic carbocycles. The second kappa shape index (κ2) is 10.2. The van der Waals surface area contributed by atoms with Crippen LogP contribution in [-0.2, 0) is 4.79 Å². The van der Waals surface area contributed by atoms with Crippen LogP contribution in [0.3, 0.4) is 0 Å². The number of nitrogens with zero attached hydrogens (tertiary/aromatic N) is 1. The number of amides is 1. The van der Waals surface area contributed by atoms with Gasteiger partial charge in [0.1, 0.15) is 5.75 Å². The molecule has 0 bridgehead atoms. The number of carboxylic acid groups (broad SMARTS) is 1. The highest BCUT2D eigenvalue weighted by Gasteiger charge is 2.13. The first kappa shape index (κ1) is 21.0. The average molecular weight is 407 g/mol. The summed E-state index contributed by atoms with van der Waals surface area (Å²) in [6.07, 6.45) is 1.38. The van der Waals surface area contributed by atoms with E-state index >= 15 is 0 Å². The van der Waals surface area contributed by atoms with Gasteiger partial charge in [0.25, 0.3) is 5.91 Å². The Kier molecular flexibility index (Phi) is 7.65. The number of hydrazone groups is 1. The van der Waals surface area contributed by atoms with Gasteiger partial charge in [-0.15, -0.1) is 0 Å². The molecule has 28 heavy (non-hydrogen) atoms. The molecule has 0 aromatic heterocycles. The third-order valence-electron chi connectivity index (χ3n) is 3.40. The van der Waals surface area contributed by atoms with Crippen LogP contribution in [0.15, 0.2) is 41.5 Å². The van der Waals surface area contributed by atoms with Crippen molar-refractivity contribution in [1.29, 1.82) is 0 Å². The first-order valence-corrected chi connectivity index (χ1v) is 8.60. The maximum Gasteiger partial charge on any atom is 0.341 e. The molecule has 0 aliphatic heterocycles. The van der Waals surface area contributed by atoms with E-state index in [0.29, 0.717) is 23.5 Å². The average Bonchev–Trinajstić information content (AvgIpc) is 2.67. The zero-order valence-electron chi connectivity index (χ0n) is 15.3. The maximum absolute atomic E-state index is 12.1. The number of nitrogens with one attached hydrogen (secondary N) is 1. The summed E-state index contributed by atoms with van der Waals surface area (Å²) in [5.74, 6) is -0.496. The summed E-state index contributed by atoms with van der Waals surface area (Å²) in [6.45, 7) is 1.87. The molecule has 0 aliphatic carbocycles. The van der Waals surface area contributed by atoms with Crippen molar-refractivity contribution in [1.82, 2.24) is 5.43 Å². The standard InChI is InChI=1S/C19H19ClN2O6/c1-3-27-14-6-4-13(5-7-14)19(25)22-21-10-12-8-15(20)18(16(9-12)26-2)28-11-17(23)24/h4-10H,3,11H2,1-2H3,(H,22,25)(H,23,24)/b21-10+. The van der Waals surface area contributed by atoms with Crippen molar-refractivity contribution in [3.8, 4) is 17.2 Å². The van der Waals surface area contributed by atoms with Crippen LogP contribution in [0.4, 0.5) is 0 Å². The van der Waals surface area contributed by atoms with Gasteiger partial charge in [0.2, 0.25) is 0 Å². The lowest BCUT2D eigenvalue weighted by atomic mass is 10.2. The molecule has 0 spiro atoms. The molecule has 0 saturated heterocycles. The monoisotopic (exact) mass is 406 g/mol. The van der Waals surface area contributed by atoms with Gasteiger partial charge in [0.15, 0.2) is 18.1 Å². The van der Waals surface area contributed by atoms with E-state index in [0.717, 1.165) is 0 Å². The molecular weight excluding hydrogens is 388 g/mol. The van der Waals surface area contributed by atoms with Crippen molar-refractivity contribution in [2.75, 3.05) is 20.3 Å². The minimum atomic E-state index is -1.14. The number of methoxy groups -OCH3 is 1. The van der Waals surface area contributed by atoms with E-state index in [1.54, 1.807) is 30.3 Å². The predicted molar refractivity (Wildman–Crippen MR) is 104 cm³/mol. The largest absolute Gasteiger partial charge is 0.494 e. The number of aliphatic carboxylic acids is 1. The Hall–Kier alpha value is -3.26. The van der Waals surface area contributed by atoms with Gasteiger partial charge in [-0.05, 0) is 48.9 Å². The predicted octanol–water partition coefficient (Wildman–Crippen LogP) is 2.97. The Labute approximate surface area is 166 Å². The van der Waals surface area contributed by atoms with Crippen molar-refractivity contribution < 1.29 is 28.9 Å². The Morgan fingerprint density at radius 1 is 1.21 bits per heavy atom. The Morgan fingerprint density at radius 2 is 1.93 bits per heavy atom. The van der Waals surface area contributed by atoms with Crippen molar-refractivity contribution in [3.05, 3.63) is 52.5 Å². The zero-order valence-corrected chi connectivity index (χ0v) is 16.0. The summed E-state index contributed by atoms with van der Waals surface area (Å²) < 4.78 is 15.6. The second-order valence-corrected chi connectivity index (χ2v) is 5.78. The number of benzene rings is 2. The highest BCUT2D eigenvalue weighted by Crippen LogP contribution is 2.36. The highest BCUT2D eigenvalue weighted by atomic mass is 35.5. The number of ether oxygens (including phenoxy) is 3. The molecular formula is C19H19ClN2O6. The first-order valence-electron chi connectivity index (χ1n) is 8.23. The highest BCUT2D eigenvalue weighted by molar-refractivity contribution is 6.32. The quantitative estimate of drug-likeness (QED) is 0.489. The third kappa shape index (κ3) is 5.88. The molecule has 2 rings (SSSR count). The molecule has 0 atom stereocenters. The van der Waals surface area contributed by atoms with Crippen LogP contribution in [-0.4, -0.2) is 43.5 Å².